The molecule has 1 aromatic carbocycles. The van der Waals surface area contributed by atoms with Crippen LogP contribution < -0.4 is 20.4 Å². The van der Waals surface area contributed by atoms with Crippen LogP contribution in [-0.2, 0) is 9.59 Å². The molecular formula is C20H32N4O2+2. The molecule has 26 heavy (non-hydrogen) atoms. The van der Waals surface area contributed by atoms with E-state index in [1.165, 1.54) is 10.5 Å². The predicted octanol–water partition coefficient (Wildman–Crippen LogP) is -1.88. The van der Waals surface area contributed by atoms with Gasteiger partial charge in [0.05, 0.1) is 6.54 Å². The van der Waals surface area contributed by atoms with Crippen LogP contribution in [-0.4, -0.2) is 63.7 Å². The zero-order valence-corrected chi connectivity index (χ0v) is 15.9. The summed E-state index contributed by atoms with van der Waals surface area (Å²) in [5.74, 6) is -0.179. The monoisotopic (exact) mass is 360 g/mol. The molecule has 0 saturated carbocycles. The Balaban J connectivity index is 1.65. The Morgan fingerprint density at radius 2 is 1.77 bits per heavy atom. The van der Waals surface area contributed by atoms with Crippen LogP contribution in [0, 0.1) is 0 Å². The molecule has 2 amide bonds. The first-order valence-electron chi connectivity index (χ1n) is 9.54. The summed E-state index contributed by atoms with van der Waals surface area (Å²) in [4.78, 5) is 26.6. The number of hydrogen-bond donors (Lipinski definition) is 4. The Labute approximate surface area is 156 Å². The molecule has 1 aliphatic heterocycles. The van der Waals surface area contributed by atoms with Gasteiger partial charge in [0, 0.05) is 6.54 Å². The van der Waals surface area contributed by atoms with Gasteiger partial charge in [-0.25, -0.2) is 0 Å². The van der Waals surface area contributed by atoms with Crippen LogP contribution >= 0.6 is 0 Å². The maximum atomic E-state index is 12.1. The van der Waals surface area contributed by atoms with Crippen molar-refractivity contribution in [3.63, 3.8) is 0 Å². The van der Waals surface area contributed by atoms with E-state index < -0.39 is 6.04 Å². The predicted molar refractivity (Wildman–Crippen MR) is 103 cm³/mol. The fourth-order valence-electron chi connectivity index (χ4n) is 3.18. The van der Waals surface area contributed by atoms with Crippen LogP contribution in [0.1, 0.15) is 19.4 Å². The zero-order chi connectivity index (χ0) is 18.8. The van der Waals surface area contributed by atoms with Crippen LogP contribution in [0.4, 0.5) is 0 Å². The number of likely N-dealkylation sites (N-methyl/N-ethyl adjacent to an activating group) is 1. The van der Waals surface area contributed by atoms with E-state index in [1.54, 1.807) is 11.8 Å². The molecule has 1 aliphatic rings. The SMILES string of the molecule is CCNC(=O)[C@@H](C)NC(=O)C[NH+]1CC[NH+](C/C=C/c2ccccc2)CC1. The Morgan fingerprint density at radius 3 is 2.42 bits per heavy atom. The summed E-state index contributed by atoms with van der Waals surface area (Å²) >= 11 is 0. The Hall–Kier alpha value is -2.18. The van der Waals surface area contributed by atoms with Gasteiger partial charge in [-0.3, -0.25) is 9.59 Å². The highest BCUT2D eigenvalue weighted by molar-refractivity contribution is 5.87. The molecule has 1 fully saturated rings. The second-order valence-electron chi connectivity index (χ2n) is 6.88. The molecule has 1 aromatic rings. The van der Waals surface area contributed by atoms with Crippen molar-refractivity contribution in [1.82, 2.24) is 10.6 Å². The second-order valence-corrected chi connectivity index (χ2v) is 6.88. The quantitative estimate of drug-likeness (QED) is 0.439. The fraction of sp³-hybridized carbons (Fsp3) is 0.500. The molecule has 0 aliphatic carbocycles. The van der Waals surface area contributed by atoms with Gasteiger partial charge in [-0.1, -0.05) is 36.4 Å². The molecule has 0 unspecified atom stereocenters. The lowest BCUT2D eigenvalue weighted by molar-refractivity contribution is -1.01. The van der Waals surface area contributed by atoms with Gasteiger partial charge in [-0.05, 0) is 25.5 Å². The largest absolute Gasteiger partial charge is 0.355 e. The number of benzene rings is 1. The molecule has 4 N–H and O–H groups in total. The lowest BCUT2D eigenvalue weighted by Gasteiger charge is -2.29. The van der Waals surface area contributed by atoms with Gasteiger partial charge in [0.25, 0.3) is 5.91 Å². The molecule has 6 heteroatoms. The topological polar surface area (TPSA) is 67.1 Å². The van der Waals surface area contributed by atoms with E-state index in [1.807, 2.05) is 25.1 Å². The highest BCUT2D eigenvalue weighted by atomic mass is 16.2. The average Bonchev–Trinajstić information content (AvgIpc) is 2.64. The van der Waals surface area contributed by atoms with Crippen molar-refractivity contribution in [1.29, 1.82) is 0 Å². The van der Waals surface area contributed by atoms with Gasteiger partial charge in [0.1, 0.15) is 32.2 Å². The molecule has 0 bridgehead atoms. The molecule has 0 aromatic heterocycles. The standard InChI is InChI=1S/C20H30N4O2/c1-3-21-20(26)17(2)22-19(25)16-24-14-12-23(13-15-24)11-7-10-18-8-5-4-6-9-18/h4-10,17H,3,11-16H2,1-2H3,(H,21,26)(H,22,25)/p+2/b10-7+/t17-/m1/s1. The molecule has 1 saturated heterocycles. The summed E-state index contributed by atoms with van der Waals surface area (Å²) in [6, 6.07) is 9.86. The number of piperazine rings is 1. The molecule has 0 radical (unpaired) electrons. The van der Waals surface area contributed by atoms with Gasteiger partial charge < -0.3 is 20.4 Å². The van der Waals surface area contributed by atoms with Crippen molar-refractivity contribution >= 4 is 17.9 Å². The van der Waals surface area contributed by atoms with Gasteiger partial charge in [-0.2, -0.15) is 0 Å². The van der Waals surface area contributed by atoms with Crippen molar-refractivity contribution < 1.29 is 19.4 Å². The third-order valence-corrected chi connectivity index (χ3v) is 4.71. The number of amides is 2. The van der Waals surface area contributed by atoms with Crippen molar-refractivity contribution in [2.24, 2.45) is 0 Å². The van der Waals surface area contributed by atoms with E-state index in [4.69, 9.17) is 0 Å². The summed E-state index contributed by atoms with van der Waals surface area (Å²) in [5.41, 5.74) is 1.23. The van der Waals surface area contributed by atoms with E-state index in [2.05, 4.69) is 34.9 Å². The highest BCUT2D eigenvalue weighted by Gasteiger charge is 2.25. The number of rotatable bonds is 8. The van der Waals surface area contributed by atoms with Gasteiger partial charge in [0.15, 0.2) is 6.54 Å². The fourth-order valence-corrected chi connectivity index (χ4v) is 3.18. The number of carbonyl (C=O) groups is 2. The van der Waals surface area contributed by atoms with Gasteiger partial charge >= 0.3 is 0 Å². The summed E-state index contributed by atoms with van der Waals surface area (Å²) < 4.78 is 0. The van der Waals surface area contributed by atoms with E-state index >= 15 is 0 Å². The Kier molecular flexibility index (Phi) is 8.31. The van der Waals surface area contributed by atoms with E-state index in [0.29, 0.717) is 13.1 Å². The molecule has 1 heterocycles. The van der Waals surface area contributed by atoms with E-state index in [9.17, 15) is 9.59 Å². The minimum absolute atomic E-state index is 0.0498. The molecule has 1 atom stereocenters. The first-order valence-corrected chi connectivity index (χ1v) is 9.54. The van der Waals surface area contributed by atoms with Crippen molar-refractivity contribution in [3.8, 4) is 0 Å². The zero-order valence-electron chi connectivity index (χ0n) is 15.9. The summed E-state index contributed by atoms with van der Waals surface area (Å²) in [7, 11) is 0. The maximum absolute atomic E-state index is 12.1. The first kappa shape index (κ1) is 20.1. The van der Waals surface area contributed by atoms with Crippen LogP contribution in [0.5, 0.6) is 0 Å². The summed E-state index contributed by atoms with van der Waals surface area (Å²) in [5, 5.41) is 5.51. The number of hydrogen-bond acceptors (Lipinski definition) is 2. The molecule has 142 valence electrons. The summed E-state index contributed by atoms with van der Waals surface area (Å²) in [6.07, 6.45) is 4.40. The highest BCUT2D eigenvalue weighted by Crippen LogP contribution is 1.99. The minimum Gasteiger partial charge on any atom is -0.355 e. The molecular weight excluding hydrogens is 328 g/mol. The van der Waals surface area contributed by atoms with Crippen LogP contribution in [0.25, 0.3) is 6.08 Å². The van der Waals surface area contributed by atoms with Gasteiger partial charge in [-0.15, -0.1) is 0 Å². The van der Waals surface area contributed by atoms with E-state index in [-0.39, 0.29) is 11.8 Å². The second kappa shape index (κ2) is 10.7. The molecule has 0 spiro atoms. The van der Waals surface area contributed by atoms with Crippen LogP contribution in [0.3, 0.4) is 0 Å². The molecule has 6 nitrogen and oxygen atoms in total. The van der Waals surface area contributed by atoms with Gasteiger partial charge in [0.2, 0.25) is 5.91 Å². The average molecular weight is 361 g/mol. The number of nitrogens with one attached hydrogen (secondary N) is 4. The molecule has 2 rings (SSSR count). The van der Waals surface area contributed by atoms with Crippen molar-refractivity contribution in [2.75, 3.05) is 45.8 Å². The normalized spacial score (nSPS) is 21.3. The maximum Gasteiger partial charge on any atom is 0.275 e. The third kappa shape index (κ3) is 6.98. The Bertz CT molecular complexity index is 595. The summed E-state index contributed by atoms with van der Waals surface area (Å²) in [6.45, 7) is 9.72. The third-order valence-electron chi connectivity index (χ3n) is 4.71. The minimum atomic E-state index is -0.475. The van der Waals surface area contributed by atoms with Crippen LogP contribution in [0.15, 0.2) is 36.4 Å². The lowest BCUT2D eigenvalue weighted by Crippen LogP contribution is -3.28. The van der Waals surface area contributed by atoms with Crippen molar-refractivity contribution in [3.05, 3.63) is 42.0 Å². The smallest absolute Gasteiger partial charge is 0.275 e. The van der Waals surface area contributed by atoms with Crippen molar-refractivity contribution in [2.45, 2.75) is 19.9 Å². The van der Waals surface area contributed by atoms with E-state index in [0.717, 1.165) is 32.7 Å². The Morgan fingerprint density at radius 1 is 1.12 bits per heavy atom. The lowest BCUT2D eigenvalue weighted by atomic mass is 10.2. The van der Waals surface area contributed by atoms with Crippen LogP contribution in [0.2, 0.25) is 0 Å². The number of quaternary nitrogens is 2. The number of carbonyl (C=O) groups excluding carboxylic acids is 2. The first-order chi connectivity index (χ1) is 12.6.